The predicted octanol–water partition coefficient (Wildman–Crippen LogP) is 0.913. The van der Waals surface area contributed by atoms with Crippen molar-refractivity contribution in [2.45, 2.75) is 38.1 Å². The van der Waals surface area contributed by atoms with Gasteiger partial charge >= 0.3 is 6.03 Å². The first kappa shape index (κ1) is 18.2. The maximum Gasteiger partial charge on any atom is 0.315 e. The third-order valence-electron chi connectivity index (χ3n) is 4.41. The second kappa shape index (κ2) is 8.12. The summed E-state index contributed by atoms with van der Waals surface area (Å²) in [4.78, 5) is 11.9. The van der Waals surface area contributed by atoms with Crippen LogP contribution in [-0.4, -0.2) is 62.8 Å². The molecule has 1 heterocycles. The van der Waals surface area contributed by atoms with E-state index in [4.69, 9.17) is 0 Å². The van der Waals surface area contributed by atoms with Gasteiger partial charge in [-0.1, -0.05) is 12.2 Å². The Kier molecular flexibility index (Phi) is 6.43. The Morgan fingerprint density at radius 3 is 2.61 bits per heavy atom. The fourth-order valence-electron chi connectivity index (χ4n) is 2.86. The molecule has 0 radical (unpaired) electrons. The number of carbonyl (C=O) groups is 1. The molecule has 0 aromatic heterocycles. The molecule has 1 unspecified atom stereocenters. The van der Waals surface area contributed by atoms with Gasteiger partial charge in [0.2, 0.25) is 0 Å². The highest BCUT2D eigenvalue weighted by molar-refractivity contribution is 7.86. The zero-order chi connectivity index (χ0) is 16.9. The summed E-state index contributed by atoms with van der Waals surface area (Å²) in [5, 5.41) is 5.76. The number of nitrogens with zero attached hydrogens (tertiary/aromatic N) is 2. The van der Waals surface area contributed by atoms with E-state index in [0.717, 1.165) is 25.7 Å². The zero-order valence-electron chi connectivity index (χ0n) is 14.0. The van der Waals surface area contributed by atoms with E-state index in [2.05, 4.69) is 22.8 Å². The van der Waals surface area contributed by atoms with Crippen LogP contribution < -0.4 is 10.6 Å². The van der Waals surface area contributed by atoms with E-state index >= 15 is 0 Å². The van der Waals surface area contributed by atoms with Crippen LogP contribution in [0.3, 0.4) is 0 Å². The third kappa shape index (κ3) is 5.19. The van der Waals surface area contributed by atoms with E-state index in [0.29, 0.717) is 25.6 Å². The van der Waals surface area contributed by atoms with Crippen LogP contribution in [0, 0.1) is 5.92 Å². The number of rotatable bonds is 5. The van der Waals surface area contributed by atoms with Gasteiger partial charge in [-0.15, -0.1) is 0 Å². The lowest BCUT2D eigenvalue weighted by Crippen LogP contribution is -2.63. The van der Waals surface area contributed by atoms with Gasteiger partial charge < -0.3 is 10.6 Å². The molecule has 0 saturated carbocycles. The van der Waals surface area contributed by atoms with E-state index in [-0.39, 0.29) is 12.1 Å². The lowest BCUT2D eigenvalue weighted by molar-refractivity contribution is 0.198. The molecule has 7 nitrogen and oxygen atoms in total. The predicted molar refractivity (Wildman–Crippen MR) is 90.2 cm³/mol. The smallest absolute Gasteiger partial charge is 0.315 e. The summed E-state index contributed by atoms with van der Waals surface area (Å²) in [6.45, 7) is 1.36. The number of hydrogen-bond acceptors (Lipinski definition) is 3. The minimum absolute atomic E-state index is 0.106. The van der Waals surface area contributed by atoms with Crippen LogP contribution in [0.25, 0.3) is 0 Å². The van der Waals surface area contributed by atoms with Gasteiger partial charge in [-0.3, -0.25) is 0 Å². The molecule has 1 saturated heterocycles. The van der Waals surface area contributed by atoms with E-state index in [1.54, 1.807) is 0 Å². The molecule has 2 rings (SSSR count). The molecule has 0 aromatic rings. The highest BCUT2D eigenvalue weighted by Gasteiger charge is 2.37. The molecule has 0 bridgehead atoms. The molecule has 2 amide bonds. The fraction of sp³-hybridized carbons (Fsp3) is 0.800. The van der Waals surface area contributed by atoms with Crippen LogP contribution in [-0.2, 0) is 10.2 Å². The largest absolute Gasteiger partial charge is 0.338 e. The van der Waals surface area contributed by atoms with E-state index < -0.39 is 10.2 Å². The Morgan fingerprint density at radius 1 is 1.22 bits per heavy atom. The standard InChI is InChI=1S/C15H28N4O3S/c1-18(2)23(21,22)19-11-14(12-19)17-15(20)16-10-13-8-6-4-3-5-7-9-13/h3-4,13-14H,5-12H2,1-2H3,(H2,16,17,20)/b4-3-. The molecule has 0 spiro atoms. The van der Waals surface area contributed by atoms with Crippen molar-refractivity contribution in [1.82, 2.24) is 19.2 Å². The maximum atomic E-state index is 11.9. The average molecular weight is 344 g/mol. The van der Waals surface area contributed by atoms with Crippen molar-refractivity contribution in [2.75, 3.05) is 33.7 Å². The van der Waals surface area contributed by atoms with Crippen LogP contribution >= 0.6 is 0 Å². The van der Waals surface area contributed by atoms with Gasteiger partial charge in [0.25, 0.3) is 10.2 Å². The van der Waals surface area contributed by atoms with Crippen LogP contribution in [0.5, 0.6) is 0 Å². The molecule has 2 N–H and O–H groups in total. The molecular weight excluding hydrogens is 316 g/mol. The Hall–Kier alpha value is -1.12. The molecule has 1 fully saturated rings. The van der Waals surface area contributed by atoms with Crippen molar-refractivity contribution in [3.05, 3.63) is 12.2 Å². The Morgan fingerprint density at radius 2 is 1.91 bits per heavy atom. The van der Waals surface area contributed by atoms with Crippen molar-refractivity contribution >= 4 is 16.2 Å². The minimum atomic E-state index is -3.36. The highest BCUT2D eigenvalue weighted by atomic mass is 32.2. The molecule has 23 heavy (non-hydrogen) atoms. The van der Waals surface area contributed by atoms with E-state index in [1.165, 1.54) is 29.1 Å². The van der Waals surface area contributed by atoms with Crippen molar-refractivity contribution in [3.63, 3.8) is 0 Å². The number of nitrogens with one attached hydrogen (secondary N) is 2. The quantitative estimate of drug-likeness (QED) is 0.728. The van der Waals surface area contributed by atoms with Gasteiger partial charge in [0, 0.05) is 33.7 Å². The van der Waals surface area contributed by atoms with Crippen molar-refractivity contribution < 1.29 is 13.2 Å². The average Bonchev–Trinajstić information content (AvgIpc) is 2.40. The van der Waals surface area contributed by atoms with Gasteiger partial charge in [-0.25, -0.2) is 4.79 Å². The second-order valence-electron chi connectivity index (χ2n) is 6.50. The minimum Gasteiger partial charge on any atom is -0.338 e. The van der Waals surface area contributed by atoms with Crippen LogP contribution in [0.4, 0.5) is 4.79 Å². The third-order valence-corrected chi connectivity index (χ3v) is 6.29. The first-order valence-corrected chi connectivity index (χ1v) is 9.66. The van der Waals surface area contributed by atoms with Crippen molar-refractivity contribution in [1.29, 1.82) is 0 Å². The lowest BCUT2D eigenvalue weighted by atomic mass is 9.94. The molecule has 1 aliphatic carbocycles. The summed E-state index contributed by atoms with van der Waals surface area (Å²) < 4.78 is 26.3. The number of carbonyl (C=O) groups excluding carboxylic acids is 1. The molecule has 2 aliphatic rings. The summed E-state index contributed by atoms with van der Waals surface area (Å²) in [6.07, 6.45) is 10.1. The van der Waals surface area contributed by atoms with E-state index in [1.807, 2.05) is 0 Å². The normalized spacial score (nSPS) is 25.3. The fourth-order valence-corrected chi connectivity index (χ4v) is 4.06. The molecule has 0 aromatic carbocycles. The van der Waals surface area contributed by atoms with Gasteiger partial charge in [0.1, 0.15) is 0 Å². The number of urea groups is 1. The number of hydrogen-bond donors (Lipinski definition) is 2. The monoisotopic (exact) mass is 344 g/mol. The van der Waals surface area contributed by atoms with Crippen LogP contribution in [0.1, 0.15) is 32.1 Å². The Labute approximate surface area is 139 Å². The molecule has 8 heteroatoms. The maximum absolute atomic E-state index is 11.9. The second-order valence-corrected chi connectivity index (χ2v) is 8.65. The van der Waals surface area contributed by atoms with Crippen molar-refractivity contribution in [3.8, 4) is 0 Å². The topological polar surface area (TPSA) is 81.8 Å². The SMILES string of the molecule is CN(C)S(=O)(=O)N1CC(NC(=O)NCC2CC/C=C\CCC2)C1. The number of allylic oxidation sites excluding steroid dienone is 2. The highest BCUT2D eigenvalue weighted by Crippen LogP contribution is 2.18. The molecule has 1 aliphatic heterocycles. The summed E-state index contributed by atoms with van der Waals surface area (Å²) >= 11 is 0. The molecular formula is C15H28N4O3S. The Balaban J connectivity index is 1.66. The van der Waals surface area contributed by atoms with E-state index in [9.17, 15) is 13.2 Å². The van der Waals surface area contributed by atoms with Gasteiger partial charge in [0.05, 0.1) is 6.04 Å². The lowest BCUT2D eigenvalue weighted by Gasteiger charge is -2.39. The van der Waals surface area contributed by atoms with Crippen LogP contribution in [0.2, 0.25) is 0 Å². The number of amides is 2. The van der Waals surface area contributed by atoms with Crippen LogP contribution in [0.15, 0.2) is 12.2 Å². The first-order valence-electron chi connectivity index (χ1n) is 8.26. The van der Waals surface area contributed by atoms with Crippen molar-refractivity contribution in [2.24, 2.45) is 5.92 Å². The summed E-state index contributed by atoms with van der Waals surface area (Å²) in [7, 11) is -0.343. The molecule has 132 valence electrons. The zero-order valence-corrected chi connectivity index (χ0v) is 14.8. The summed E-state index contributed by atoms with van der Waals surface area (Å²) in [6, 6.07) is -0.306. The van der Waals surface area contributed by atoms with Gasteiger partial charge in [-0.2, -0.15) is 17.0 Å². The Bertz CT molecular complexity index is 527. The molecule has 1 atom stereocenters. The summed E-state index contributed by atoms with van der Waals surface area (Å²) in [5.41, 5.74) is 0. The van der Waals surface area contributed by atoms with Gasteiger partial charge in [0.15, 0.2) is 0 Å². The van der Waals surface area contributed by atoms with Gasteiger partial charge in [-0.05, 0) is 38.0 Å². The summed E-state index contributed by atoms with van der Waals surface area (Å²) in [5.74, 6) is 0.526. The first-order chi connectivity index (χ1) is 10.9.